The maximum atomic E-state index is 13.6. The summed E-state index contributed by atoms with van der Waals surface area (Å²) in [5, 5.41) is 0.634. The maximum Gasteiger partial charge on any atom is 0.280 e. The molecule has 29 heavy (non-hydrogen) atoms. The van der Waals surface area contributed by atoms with E-state index in [0.717, 1.165) is 32.7 Å². The third kappa shape index (κ3) is 3.23. The molecule has 3 aromatic rings. The number of benzene rings is 1. The van der Waals surface area contributed by atoms with Gasteiger partial charge in [-0.25, -0.2) is 9.97 Å². The standard InChI is InChI=1S/C21H19Br2ClN4O/c1-10(2)27-19-16(26-21(27)23)20(29)28(17-11(3)5-7-14(24)12(17)4)18(19)15-8-6-13(22)9-25-15/h5-10,18H,1-4H3/p+1. The fourth-order valence-electron chi connectivity index (χ4n) is 3.97. The van der Waals surface area contributed by atoms with E-state index in [-0.39, 0.29) is 18.0 Å². The van der Waals surface area contributed by atoms with Crippen LogP contribution in [-0.4, -0.2) is 15.5 Å². The van der Waals surface area contributed by atoms with E-state index in [0.29, 0.717) is 15.5 Å². The molecule has 1 aliphatic heterocycles. The van der Waals surface area contributed by atoms with Gasteiger partial charge < -0.3 is 4.57 Å². The lowest BCUT2D eigenvalue weighted by Gasteiger charge is -2.28. The van der Waals surface area contributed by atoms with Gasteiger partial charge in [-0.05, 0) is 82.8 Å². The third-order valence-electron chi connectivity index (χ3n) is 5.26. The monoisotopic (exact) mass is 537 g/mol. The van der Waals surface area contributed by atoms with Crippen LogP contribution in [0.15, 0.2) is 39.7 Å². The zero-order chi connectivity index (χ0) is 21.0. The molecule has 1 N–H and O–H groups in total. The van der Waals surface area contributed by atoms with Crippen LogP contribution in [0.4, 0.5) is 5.69 Å². The van der Waals surface area contributed by atoms with Crippen molar-refractivity contribution in [1.82, 2.24) is 9.55 Å². The second kappa shape index (κ2) is 7.52. The molecule has 5 nitrogen and oxygen atoms in total. The Kier molecular flexibility index (Phi) is 5.34. The van der Waals surface area contributed by atoms with Crippen LogP contribution in [-0.2, 0) is 0 Å². The van der Waals surface area contributed by atoms with Gasteiger partial charge in [-0.15, -0.1) is 0 Å². The van der Waals surface area contributed by atoms with Crippen molar-refractivity contribution in [3.05, 3.63) is 72.9 Å². The highest BCUT2D eigenvalue weighted by molar-refractivity contribution is 9.10. The molecule has 3 heterocycles. The van der Waals surface area contributed by atoms with Crippen LogP contribution in [0.3, 0.4) is 0 Å². The molecule has 2 aromatic heterocycles. The largest absolute Gasteiger partial charge is 0.317 e. The number of imidazole rings is 1. The van der Waals surface area contributed by atoms with E-state index in [1.54, 1.807) is 0 Å². The third-order valence-corrected chi connectivity index (χ3v) is 6.72. The Morgan fingerprint density at radius 1 is 1.17 bits per heavy atom. The molecular weight excluding hydrogens is 520 g/mol. The Bertz CT molecular complexity index is 1120. The van der Waals surface area contributed by atoms with Gasteiger partial charge in [-0.3, -0.25) is 9.69 Å². The number of H-pyrrole nitrogens is 1. The number of aryl methyl sites for hydroxylation is 1. The fourth-order valence-corrected chi connectivity index (χ4v) is 5.14. The van der Waals surface area contributed by atoms with Gasteiger partial charge in [0, 0.05) is 17.1 Å². The first kappa shape index (κ1) is 20.6. The number of halogens is 3. The number of fused-ring (bicyclic) bond motifs is 1. The molecule has 0 fully saturated rings. The van der Waals surface area contributed by atoms with Crippen LogP contribution in [0.1, 0.15) is 58.9 Å². The van der Waals surface area contributed by atoms with Gasteiger partial charge in [0.25, 0.3) is 5.91 Å². The molecule has 8 heteroatoms. The summed E-state index contributed by atoms with van der Waals surface area (Å²) in [6.07, 6.45) is 1.87. The topological polar surface area (TPSA) is 52.3 Å². The van der Waals surface area contributed by atoms with Crippen LogP contribution in [0.5, 0.6) is 0 Å². The van der Waals surface area contributed by atoms with Crippen molar-refractivity contribution in [3.8, 4) is 0 Å². The maximum absolute atomic E-state index is 13.6. The SMILES string of the molecule is Cc1ccc(Cl)c(C)c1N1C(=O)c2nc(Br)n(C(C)C)c2C1c1ccc(Br)c[nH+]1. The minimum absolute atomic E-state index is 0.130. The van der Waals surface area contributed by atoms with Gasteiger partial charge in [-0.2, -0.15) is 0 Å². The van der Waals surface area contributed by atoms with Crippen molar-refractivity contribution in [2.45, 2.75) is 39.8 Å². The lowest BCUT2D eigenvalue weighted by atomic mass is 10.0. The Morgan fingerprint density at radius 3 is 2.52 bits per heavy atom. The number of nitrogens with zero attached hydrogens (tertiary/aromatic N) is 3. The van der Waals surface area contributed by atoms with Crippen LogP contribution >= 0.6 is 43.5 Å². The number of nitrogens with one attached hydrogen (secondary N) is 1. The molecular formula is C21H20Br2ClN4O+. The summed E-state index contributed by atoms with van der Waals surface area (Å²) in [5.74, 6) is -0.130. The summed E-state index contributed by atoms with van der Waals surface area (Å²) >= 11 is 13.5. The first-order chi connectivity index (χ1) is 13.7. The van der Waals surface area contributed by atoms with Crippen LogP contribution in [0, 0.1) is 13.8 Å². The predicted molar refractivity (Wildman–Crippen MR) is 121 cm³/mol. The molecule has 1 aromatic carbocycles. The first-order valence-electron chi connectivity index (χ1n) is 9.26. The Balaban J connectivity index is 2.02. The quantitative estimate of drug-likeness (QED) is 0.421. The predicted octanol–water partition coefficient (Wildman–Crippen LogP) is 5.82. The van der Waals surface area contributed by atoms with E-state index in [1.807, 2.05) is 49.2 Å². The van der Waals surface area contributed by atoms with E-state index < -0.39 is 0 Å². The number of amides is 1. The van der Waals surface area contributed by atoms with Gasteiger partial charge in [0.05, 0.1) is 15.9 Å². The van der Waals surface area contributed by atoms with E-state index in [1.165, 1.54) is 0 Å². The van der Waals surface area contributed by atoms with Crippen LogP contribution < -0.4 is 9.88 Å². The van der Waals surface area contributed by atoms with Crippen molar-refractivity contribution >= 4 is 55.1 Å². The summed E-state index contributed by atoms with van der Waals surface area (Å²) in [4.78, 5) is 23.3. The molecule has 150 valence electrons. The van der Waals surface area contributed by atoms with Gasteiger partial charge >= 0.3 is 0 Å². The summed E-state index contributed by atoms with van der Waals surface area (Å²) in [7, 11) is 0. The highest BCUT2D eigenvalue weighted by Crippen LogP contribution is 2.45. The highest BCUT2D eigenvalue weighted by atomic mass is 79.9. The van der Waals surface area contributed by atoms with E-state index in [4.69, 9.17) is 11.6 Å². The molecule has 0 spiro atoms. The normalized spacial score (nSPS) is 16.1. The van der Waals surface area contributed by atoms with Gasteiger partial charge in [0.1, 0.15) is 0 Å². The van der Waals surface area contributed by atoms with Crippen molar-refractivity contribution in [2.24, 2.45) is 0 Å². The number of carbonyl (C=O) groups excluding carboxylic acids is 1. The summed E-state index contributed by atoms with van der Waals surface area (Å²) in [5.41, 5.74) is 4.92. The number of hydrogen-bond donors (Lipinski definition) is 0. The average Bonchev–Trinajstić information content (AvgIpc) is 3.14. The van der Waals surface area contributed by atoms with E-state index in [9.17, 15) is 4.79 Å². The molecule has 4 rings (SSSR count). The number of pyridine rings is 1. The molecule has 1 unspecified atom stereocenters. The Morgan fingerprint density at radius 2 is 1.90 bits per heavy atom. The minimum atomic E-state index is -0.345. The highest BCUT2D eigenvalue weighted by Gasteiger charge is 2.47. The molecule has 1 atom stereocenters. The second-order valence-corrected chi connectivity index (χ2v) is 9.49. The van der Waals surface area contributed by atoms with E-state index >= 15 is 0 Å². The Labute approximate surface area is 191 Å². The molecule has 0 saturated carbocycles. The Hall–Kier alpha value is -1.70. The molecule has 0 radical (unpaired) electrons. The van der Waals surface area contributed by atoms with Crippen LogP contribution in [0.25, 0.3) is 0 Å². The zero-order valence-electron chi connectivity index (χ0n) is 16.4. The van der Waals surface area contributed by atoms with E-state index in [2.05, 4.69) is 60.2 Å². The minimum Gasteiger partial charge on any atom is -0.317 e. The van der Waals surface area contributed by atoms with Crippen molar-refractivity contribution < 1.29 is 9.78 Å². The summed E-state index contributed by atoms with van der Waals surface area (Å²) in [6, 6.07) is 7.56. The van der Waals surface area contributed by atoms with Gasteiger partial charge in [-0.1, -0.05) is 17.7 Å². The number of aromatic nitrogens is 3. The van der Waals surface area contributed by atoms with Crippen molar-refractivity contribution in [1.29, 1.82) is 0 Å². The molecule has 1 aliphatic rings. The lowest BCUT2D eigenvalue weighted by Crippen LogP contribution is -2.34. The molecule has 0 saturated heterocycles. The smallest absolute Gasteiger partial charge is 0.280 e. The molecule has 1 amide bonds. The lowest BCUT2D eigenvalue weighted by molar-refractivity contribution is -0.392. The van der Waals surface area contributed by atoms with Crippen molar-refractivity contribution in [3.63, 3.8) is 0 Å². The summed E-state index contributed by atoms with van der Waals surface area (Å²) in [6.45, 7) is 8.11. The number of aromatic amines is 1. The number of anilines is 1. The number of rotatable bonds is 3. The van der Waals surface area contributed by atoms with Gasteiger partial charge in [0.15, 0.2) is 22.7 Å². The average molecular weight is 540 g/mol. The molecule has 0 bridgehead atoms. The number of carbonyl (C=O) groups is 1. The number of hydrogen-bond acceptors (Lipinski definition) is 2. The second-order valence-electron chi connectivity index (χ2n) is 7.46. The zero-order valence-corrected chi connectivity index (χ0v) is 20.4. The van der Waals surface area contributed by atoms with Crippen molar-refractivity contribution in [2.75, 3.05) is 4.90 Å². The van der Waals surface area contributed by atoms with Gasteiger partial charge in [0.2, 0.25) is 5.69 Å². The first-order valence-corrected chi connectivity index (χ1v) is 11.2. The fraction of sp³-hybridized carbons (Fsp3) is 0.286. The van der Waals surface area contributed by atoms with Crippen LogP contribution in [0.2, 0.25) is 5.02 Å². The summed E-state index contributed by atoms with van der Waals surface area (Å²) < 4.78 is 3.67. The molecule has 0 aliphatic carbocycles.